The second-order valence-electron chi connectivity index (χ2n) is 6.08. The van der Waals surface area contributed by atoms with Crippen molar-refractivity contribution in [3.8, 4) is 0 Å². The molecule has 3 heteroatoms. The molecule has 1 fully saturated rings. The van der Waals surface area contributed by atoms with Gasteiger partial charge in [0, 0.05) is 17.0 Å². The predicted octanol–water partition coefficient (Wildman–Crippen LogP) is 4.29. The molecule has 1 aliphatic rings. The molecule has 0 bridgehead atoms. The molecular weight excluding hydrogens is 265 g/mol. The van der Waals surface area contributed by atoms with Gasteiger partial charge in [-0.25, -0.2) is 4.39 Å². The van der Waals surface area contributed by atoms with Crippen molar-refractivity contribution in [1.29, 1.82) is 0 Å². The fourth-order valence-corrected chi connectivity index (χ4v) is 3.29. The fraction of sp³-hybridized carbons (Fsp3) is 0.389. The van der Waals surface area contributed by atoms with Crippen LogP contribution in [-0.4, -0.2) is 11.9 Å². The first-order chi connectivity index (χ1) is 10.1. The number of carbonyl (C=O) groups excluding carboxylic acids is 1. The molecule has 0 heterocycles. The second kappa shape index (κ2) is 5.84. The number of benzene rings is 2. The molecule has 0 aromatic heterocycles. The van der Waals surface area contributed by atoms with E-state index >= 15 is 0 Å². The van der Waals surface area contributed by atoms with Crippen LogP contribution in [0.4, 0.5) is 4.39 Å². The van der Waals surface area contributed by atoms with Crippen LogP contribution in [0.1, 0.15) is 43.0 Å². The number of hydrogen-bond acceptors (Lipinski definition) is 1. The van der Waals surface area contributed by atoms with E-state index in [2.05, 4.69) is 12.2 Å². The van der Waals surface area contributed by atoms with Gasteiger partial charge in [-0.15, -0.1) is 0 Å². The molecule has 0 aliphatic heterocycles. The van der Waals surface area contributed by atoms with Crippen molar-refractivity contribution in [3.63, 3.8) is 0 Å². The summed E-state index contributed by atoms with van der Waals surface area (Å²) in [4.78, 5) is 12.5. The number of halogens is 1. The summed E-state index contributed by atoms with van der Waals surface area (Å²) in [5.41, 5.74) is 0.560. The first-order valence-electron chi connectivity index (χ1n) is 7.63. The van der Waals surface area contributed by atoms with E-state index in [9.17, 15) is 9.18 Å². The van der Waals surface area contributed by atoms with E-state index in [4.69, 9.17) is 0 Å². The van der Waals surface area contributed by atoms with Gasteiger partial charge >= 0.3 is 0 Å². The first-order valence-corrected chi connectivity index (χ1v) is 7.63. The van der Waals surface area contributed by atoms with Crippen molar-refractivity contribution in [3.05, 3.63) is 47.8 Å². The van der Waals surface area contributed by atoms with Gasteiger partial charge in [-0.3, -0.25) is 4.79 Å². The van der Waals surface area contributed by atoms with Crippen molar-refractivity contribution in [2.45, 2.75) is 38.6 Å². The zero-order chi connectivity index (χ0) is 14.8. The van der Waals surface area contributed by atoms with Gasteiger partial charge in [0.15, 0.2) is 0 Å². The van der Waals surface area contributed by atoms with E-state index in [-0.39, 0.29) is 17.8 Å². The smallest absolute Gasteiger partial charge is 0.252 e. The quantitative estimate of drug-likeness (QED) is 0.876. The Morgan fingerprint density at radius 1 is 1.14 bits per heavy atom. The minimum Gasteiger partial charge on any atom is -0.349 e. The van der Waals surface area contributed by atoms with Gasteiger partial charge in [0.2, 0.25) is 0 Å². The molecule has 2 aromatic carbocycles. The van der Waals surface area contributed by atoms with Gasteiger partial charge in [0.1, 0.15) is 5.82 Å². The minimum atomic E-state index is -0.284. The molecule has 2 atom stereocenters. The van der Waals surface area contributed by atoms with E-state index in [1.54, 1.807) is 24.3 Å². The summed E-state index contributed by atoms with van der Waals surface area (Å²) in [6.07, 6.45) is 4.47. The molecule has 2 unspecified atom stereocenters. The molecule has 0 spiro atoms. The van der Waals surface area contributed by atoms with Crippen LogP contribution in [0.5, 0.6) is 0 Å². The Balaban J connectivity index is 1.86. The summed E-state index contributed by atoms with van der Waals surface area (Å²) in [6.45, 7) is 2.23. The summed E-state index contributed by atoms with van der Waals surface area (Å²) >= 11 is 0. The van der Waals surface area contributed by atoms with Crippen molar-refractivity contribution in [1.82, 2.24) is 5.32 Å². The summed E-state index contributed by atoms with van der Waals surface area (Å²) in [5, 5.41) is 4.30. The molecule has 21 heavy (non-hydrogen) atoms. The molecule has 1 N–H and O–H groups in total. The van der Waals surface area contributed by atoms with E-state index < -0.39 is 0 Å². The van der Waals surface area contributed by atoms with Gasteiger partial charge in [-0.05, 0) is 36.3 Å². The zero-order valence-electron chi connectivity index (χ0n) is 12.2. The Kier molecular flexibility index (Phi) is 3.91. The van der Waals surface area contributed by atoms with Gasteiger partial charge in [-0.1, -0.05) is 44.0 Å². The number of nitrogens with one attached hydrogen (secondary N) is 1. The molecule has 2 nitrogen and oxygen atoms in total. The van der Waals surface area contributed by atoms with Crippen molar-refractivity contribution < 1.29 is 9.18 Å². The maximum Gasteiger partial charge on any atom is 0.252 e. The SMILES string of the molecule is CC1CCCC(NC(=O)c2ccc(F)c3ccccc23)C1. The second-order valence-corrected chi connectivity index (χ2v) is 6.08. The molecule has 0 saturated heterocycles. The van der Waals surface area contributed by atoms with Crippen LogP contribution in [0.3, 0.4) is 0 Å². The lowest BCUT2D eigenvalue weighted by Crippen LogP contribution is -2.38. The Hall–Kier alpha value is -1.90. The molecule has 2 aromatic rings. The fourth-order valence-electron chi connectivity index (χ4n) is 3.29. The van der Waals surface area contributed by atoms with Crippen LogP contribution in [0.15, 0.2) is 36.4 Å². The maximum absolute atomic E-state index is 13.8. The number of carbonyl (C=O) groups is 1. The minimum absolute atomic E-state index is 0.0923. The normalized spacial score (nSPS) is 22.2. The van der Waals surface area contributed by atoms with Crippen molar-refractivity contribution in [2.75, 3.05) is 0 Å². The third-order valence-corrected chi connectivity index (χ3v) is 4.39. The van der Waals surface area contributed by atoms with Gasteiger partial charge < -0.3 is 5.32 Å². The van der Waals surface area contributed by atoms with E-state index in [0.29, 0.717) is 22.3 Å². The van der Waals surface area contributed by atoms with E-state index in [0.717, 1.165) is 19.3 Å². The van der Waals surface area contributed by atoms with Crippen LogP contribution in [0.2, 0.25) is 0 Å². The number of rotatable bonds is 2. The Labute approximate surface area is 124 Å². The number of hydrogen-bond donors (Lipinski definition) is 1. The standard InChI is InChI=1S/C18H20FNO/c1-12-5-4-6-13(11-12)20-18(21)16-9-10-17(19)15-8-3-2-7-14(15)16/h2-3,7-10,12-13H,4-6,11H2,1H3,(H,20,21). The average Bonchev–Trinajstić information content (AvgIpc) is 2.48. The highest BCUT2D eigenvalue weighted by atomic mass is 19.1. The Bertz CT molecular complexity index is 667. The van der Waals surface area contributed by atoms with Crippen LogP contribution >= 0.6 is 0 Å². The van der Waals surface area contributed by atoms with Crippen molar-refractivity contribution in [2.24, 2.45) is 5.92 Å². The maximum atomic E-state index is 13.8. The average molecular weight is 285 g/mol. The summed E-state index contributed by atoms with van der Waals surface area (Å²) in [5.74, 6) is 0.285. The molecule has 3 rings (SSSR count). The molecule has 110 valence electrons. The zero-order valence-corrected chi connectivity index (χ0v) is 12.2. The van der Waals surface area contributed by atoms with Crippen LogP contribution in [0, 0.1) is 11.7 Å². The highest BCUT2D eigenvalue weighted by Crippen LogP contribution is 2.25. The lowest BCUT2D eigenvalue weighted by Gasteiger charge is -2.27. The molecule has 1 aliphatic carbocycles. The molecule has 0 radical (unpaired) electrons. The van der Waals surface area contributed by atoms with E-state index in [1.807, 2.05) is 6.07 Å². The topological polar surface area (TPSA) is 29.1 Å². The third-order valence-electron chi connectivity index (χ3n) is 4.39. The first kappa shape index (κ1) is 14.1. The van der Waals surface area contributed by atoms with Gasteiger partial charge in [0.25, 0.3) is 5.91 Å². The summed E-state index contributed by atoms with van der Waals surface area (Å²) in [7, 11) is 0. The van der Waals surface area contributed by atoms with Gasteiger partial charge in [0.05, 0.1) is 0 Å². The third kappa shape index (κ3) is 2.92. The van der Waals surface area contributed by atoms with Crippen LogP contribution in [-0.2, 0) is 0 Å². The van der Waals surface area contributed by atoms with Crippen molar-refractivity contribution >= 4 is 16.7 Å². The number of fused-ring (bicyclic) bond motifs is 1. The Morgan fingerprint density at radius 3 is 2.67 bits per heavy atom. The van der Waals surface area contributed by atoms with E-state index in [1.165, 1.54) is 12.5 Å². The number of amides is 1. The highest BCUT2D eigenvalue weighted by Gasteiger charge is 2.21. The summed E-state index contributed by atoms with van der Waals surface area (Å²) < 4.78 is 13.8. The molecule has 1 saturated carbocycles. The largest absolute Gasteiger partial charge is 0.349 e. The summed E-state index contributed by atoms with van der Waals surface area (Å²) in [6, 6.07) is 10.3. The highest BCUT2D eigenvalue weighted by molar-refractivity contribution is 6.07. The lowest BCUT2D eigenvalue weighted by atomic mass is 9.87. The van der Waals surface area contributed by atoms with Crippen LogP contribution in [0.25, 0.3) is 10.8 Å². The molecular formula is C18H20FNO. The predicted molar refractivity (Wildman–Crippen MR) is 82.8 cm³/mol. The van der Waals surface area contributed by atoms with Gasteiger partial charge in [-0.2, -0.15) is 0 Å². The molecule has 1 amide bonds. The van der Waals surface area contributed by atoms with Crippen LogP contribution < -0.4 is 5.32 Å². The Morgan fingerprint density at radius 2 is 1.90 bits per heavy atom. The monoisotopic (exact) mass is 285 g/mol. The lowest BCUT2D eigenvalue weighted by molar-refractivity contribution is 0.0923.